The maximum absolute atomic E-state index is 11.2. The van der Waals surface area contributed by atoms with Crippen LogP contribution in [0.2, 0.25) is 0 Å². The summed E-state index contributed by atoms with van der Waals surface area (Å²) in [5, 5.41) is 0. The molecule has 1 heterocycles. The lowest BCUT2D eigenvalue weighted by Crippen LogP contribution is -2.33. The number of hydrogen-bond acceptors (Lipinski definition) is 3. The van der Waals surface area contributed by atoms with Gasteiger partial charge in [0, 0.05) is 24.8 Å². The highest BCUT2D eigenvalue weighted by atomic mass is 16.1. The molecule has 2 rings (SSSR count). The number of benzene rings is 1. The Bertz CT molecular complexity index is 606. The van der Waals surface area contributed by atoms with E-state index in [4.69, 9.17) is 5.73 Å². The fraction of sp³-hybridized carbons (Fsp3) is 0.500. The standard InChI is InChI=1S/C14H22N4O/c1-14(2,15)7-4-8-18(3)10-5-6-11-12(9-10)17-13(19)16-11/h5-6,9H,4,7-8,15H2,1-3H3,(H2,16,17,19). The van der Waals surface area contributed by atoms with Gasteiger partial charge in [-0.25, -0.2) is 4.79 Å². The predicted molar refractivity (Wildman–Crippen MR) is 79.7 cm³/mol. The highest BCUT2D eigenvalue weighted by Crippen LogP contribution is 2.19. The molecule has 0 fully saturated rings. The quantitative estimate of drug-likeness (QED) is 0.769. The normalized spacial score (nSPS) is 12.0. The Balaban J connectivity index is 2.04. The molecule has 0 bridgehead atoms. The third-order valence-corrected chi connectivity index (χ3v) is 3.25. The zero-order valence-electron chi connectivity index (χ0n) is 11.8. The average molecular weight is 262 g/mol. The number of nitrogens with two attached hydrogens (primary N) is 1. The second-order valence-corrected chi connectivity index (χ2v) is 5.82. The SMILES string of the molecule is CN(CCCC(C)(C)N)c1ccc2[nH]c(=O)[nH]c2c1. The van der Waals surface area contributed by atoms with Gasteiger partial charge in [-0.05, 0) is 44.9 Å². The second-order valence-electron chi connectivity index (χ2n) is 5.82. The zero-order valence-corrected chi connectivity index (χ0v) is 11.8. The molecule has 4 N–H and O–H groups in total. The first-order chi connectivity index (χ1) is 8.85. The molecule has 1 aromatic heterocycles. The van der Waals surface area contributed by atoms with Crippen molar-refractivity contribution in [1.82, 2.24) is 9.97 Å². The van der Waals surface area contributed by atoms with Crippen molar-refractivity contribution in [3.63, 3.8) is 0 Å². The van der Waals surface area contributed by atoms with Gasteiger partial charge in [0.1, 0.15) is 0 Å². The minimum atomic E-state index is -0.167. The van der Waals surface area contributed by atoms with E-state index in [1.807, 2.05) is 32.0 Å². The first-order valence-electron chi connectivity index (χ1n) is 6.57. The van der Waals surface area contributed by atoms with Gasteiger partial charge in [0.25, 0.3) is 0 Å². The van der Waals surface area contributed by atoms with Crippen molar-refractivity contribution in [2.75, 3.05) is 18.5 Å². The van der Waals surface area contributed by atoms with Crippen molar-refractivity contribution < 1.29 is 0 Å². The summed E-state index contributed by atoms with van der Waals surface area (Å²) in [6.45, 7) is 5.04. The lowest BCUT2D eigenvalue weighted by atomic mass is 10.00. The number of fused-ring (bicyclic) bond motifs is 1. The molecule has 0 aliphatic heterocycles. The molecule has 0 amide bonds. The van der Waals surface area contributed by atoms with E-state index in [-0.39, 0.29) is 11.2 Å². The molecule has 104 valence electrons. The smallest absolute Gasteiger partial charge is 0.323 e. The maximum Gasteiger partial charge on any atom is 0.323 e. The number of imidazole rings is 1. The van der Waals surface area contributed by atoms with Gasteiger partial charge in [-0.1, -0.05) is 0 Å². The predicted octanol–water partition coefficient (Wildman–Crippen LogP) is 1.81. The van der Waals surface area contributed by atoms with E-state index in [0.29, 0.717) is 0 Å². The van der Waals surface area contributed by atoms with E-state index in [1.165, 1.54) is 0 Å². The molecule has 2 aromatic rings. The van der Waals surface area contributed by atoms with Crippen molar-refractivity contribution in [3.8, 4) is 0 Å². The van der Waals surface area contributed by atoms with Crippen LogP contribution in [0.3, 0.4) is 0 Å². The van der Waals surface area contributed by atoms with Gasteiger partial charge < -0.3 is 20.6 Å². The minimum absolute atomic E-state index is 0.114. The topological polar surface area (TPSA) is 77.9 Å². The van der Waals surface area contributed by atoms with E-state index < -0.39 is 0 Å². The summed E-state index contributed by atoms with van der Waals surface area (Å²) in [7, 11) is 2.05. The molecule has 0 saturated carbocycles. The number of nitrogens with one attached hydrogen (secondary N) is 2. The van der Waals surface area contributed by atoms with Crippen LogP contribution in [0.4, 0.5) is 5.69 Å². The monoisotopic (exact) mass is 262 g/mol. The van der Waals surface area contributed by atoms with Crippen LogP contribution in [0.1, 0.15) is 26.7 Å². The highest BCUT2D eigenvalue weighted by molar-refractivity contribution is 5.78. The number of H-pyrrole nitrogens is 2. The molecular formula is C14H22N4O. The van der Waals surface area contributed by atoms with Crippen LogP contribution < -0.4 is 16.3 Å². The fourth-order valence-electron chi connectivity index (χ4n) is 2.16. The van der Waals surface area contributed by atoms with Crippen LogP contribution in [0, 0.1) is 0 Å². The molecule has 1 aromatic carbocycles. The molecular weight excluding hydrogens is 240 g/mol. The lowest BCUT2D eigenvalue weighted by molar-refractivity contribution is 0.460. The Morgan fingerprint density at radius 1 is 1.26 bits per heavy atom. The summed E-state index contributed by atoms with van der Waals surface area (Å²) in [6.07, 6.45) is 2.03. The largest absolute Gasteiger partial charge is 0.375 e. The lowest BCUT2D eigenvalue weighted by Gasteiger charge is -2.23. The molecule has 0 spiro atoms. The minimum Gasteiger partial charge on any atom is -0.375 e. The Morgan fingerprint density at radius 2 is 1.95 bits per heavy atom. The van der Waals surface area contributed by atoms with Crippen molar-refractivity contribution in [1.29, 1.82) is 0 Å². The van der Waals surface area contributed by atoms with E-state index in [9.17, 15) is 4.79 Å². The average Bonchev–Trinajstić information content (AvgIpc) is 2.65. The van der Waals surface area contributed by atoms with Gasteiger partial charge in [-0.15, -0.1) is 0 Å². The molecule has 0 aliphatic carbocycles. The van der Waals surface area contributed by atoms with Crippen LogP contribution in [0.15, 0.2) is 23.0 Å². The van der Waals surface area contributed by atoms with Crippen LogP contribution in [0.25, 0.3) is 11.0 Å². The summed E-state index contributed by atoms with van der Waals surface area (Å²) >= 11 is 0. The van der Waals surface area contributed by atoms with E-state index in [1.54, 1.807) is 0 Å². The summed E-state index contributed by atoms with van der Waals surface area (Å²) in [4.78, 5) is 18.9. The van der Waals surface area contributed by atoms with E-state index in [2.05, 4.69) is 21.9 Å². The summed E-state index contributed by atoms with van der Waals surface area (Å²) in [6, 6.07) is 5.92. The zero-order chi connectivity index (χ0) is 14.0. The van der Waals surface area contributed by atoms with Gasteiger partial charge in [-0.2, -0.15) is 0 Å². The third kappa shape index (κ3) is 3.61. The van der Waals surface area contributed by atoms with E-state index >= 15 is 0 Å². The van der Waals surface area contributed by atoms with Gasteiger partial charge >= 0.3 is 5.69 Å². The van der Waals surface area contributed by atoms with Crippen molar-refractivity contribution in [2.45, 2.75) is 32.2 Å². The summed E-state index contributed by atoms with van der Waals surface area (Å²) in [5.41, 5.74) is 8.47. The molecule has 0 unspecified atom stereocenters. The van der Waals surface area contributed by atoms with Crippen LogP contribution in [0.5, 0.6) is 0 Å². The molecule has 5 nitrogen and oxygen atoms in total. The molecule has 0 aliphatic rings. The van der Waals surface area contributed by atoms with Crippen LogP contribution in [-0.4, -0.2) is 29.1 Å². The summed E-state index contributed by atoms with van der Waals surface area (Å²) < 4.78 is 0. The fourth-order valence-corrected chi connectivity index (χ4v) is 2.16. The van der Waals surface area contributed by atoms with Crippen molar-refractivity contribution in [3.05, 3.63) is 28.7 Å². The number of rotatable bonds is 5. The van der Waals surface area contributed by atoms with Crippen LogP contribution >= 0.6 is 0 Å². The van der Waals surface area contributed by atoms with Gasteiger partial charge in [0.2, 0.25) is 0 Å². The number of aromatic nitrogens is 2. The molecule has 19 heavy (non-hydrogen) atoms. The molecule has 0 radical (unpaired) electrons. The second kappa shape index (κ2) is 5.09. The Hall–Kier alpha value is -1.75. The maximum atomic E-state index is 11.2. The van der Waals surface area contributed by atoms with E-state index in [0.717, 1.165) is 36.1 Å². The van der Waals surface area contributed by atoms with Crippen molar-refractivity contribution in [2.24, 2.45) is 5.73 Å². The molecule has 0 atom stereocenters. The Kier molecular flexibility index (Phi) is 3.66. The first-order valence-corrected chi connectivity index (χ1v) is 6.57. The van der Waals surface area contributed by atoms with Crippen LogP contribution in [-0.2, 0) is 0 Å². The number of anilines is 1. The molecule has 0 saturated heterocycles. The highest BCUT2D eigenvalue weighted by Gasteiger charge is 2.11. The first kappa shape index (κ1) is 13.7. The Labute approximate surface area is 112 Å². The van der Waals surface area contributed by atoms with Gasteiger partial charge in [0.05, 0.1) is 11.0 Å². The number of hydrogen-bond donors (Lipinski definition) is 3. The number of nitrogens with zero attached hydrogens (tertiary/aromatic N) is 1. The van der Waals surface area contributed by atoms with Gasteiger partial charge in [0.15, 0.2) is 0 Å². The Morgan fingerprint density at radius 3 is 2.63 bits per heavy atom. The number of aromatic amines is 2. The molecule has 5 heteroatoms. The summed E-state index contributed by atoms with van der Waals surface area (Å²) in [5.74, 6) is 0. The third-order valence-electron chi connectivity index (χ3n) is 3.25. The van der Waals surface area contributed by atoms with Gasteiger partial charge in [-0.3, -0.25) is 0 Å². The van der Waals surface area contributed by atoms with Crippen molar-refractivity contribution >= 4 is 16.7 Å².